The molecule has 1 N–H and O–H groups in total. The van der Waals surface area contributed by atoms with Crippen LogP contribution >= 0.6 is 11.3 Å². The summed E-state index contributed by atoms with van der Waals surface area (Å²) in [4.78, 5) is 6.14. The van der Waals surface area contributed by atoms with Crippen molar-refractivity contribution in [2.75, 3.05) is 13.1 Å². The fourth-order valence-electron chi connectivity index (χ4n) is 2.52. The lowest BCUT2D eigenvalue weighted by Crippen LogP contribution is -2.26. The Kier molecular flexibility index (Phi) is 3.43. The molecule has 2 nitrogen and oxygen atoms in total. The summed E-state index contributed by atoms with van der Waals surface area (Å²) in [6.07, 6.45) is 2.45. The first kappa shape index (κ1) is 11.9. The van der Waals surface area contributed by atoms with E-state index in [0.717, 1.165) is 13.1 Å². The number of nitrogens with one attached hydrogen (secondary N) is 1. The van der Waals surface area contributed by atoms with Crippen molar-refractivity contribution in [1.29, 1.82) is 0 Å². The molecule has 1 aliphatic rings. The second-order valence-electron chi connectivity index (χ2n) is 4.86. The first-order chi connectivity index (χ1) is 8.84. The lowest BCUT2D eigenvalue weighted by molar-refractivity contribution is 0.459. The summed E-state index contributed by atoms with van der Waals surface area (Å²) in [6, 6.07) is 10.6. The number of hydrogen-bond acceptors (Lipinski definition) is 3. The summed E-state index contributed by atoms with van der Waals surface area (Å²) in [5, 5.41) is 4.74. The van der Waals surface area contributed by atoms with Gasteiger partial charge in [0.25, 0.3) is 0 Å². The van der Waals surface area contributed by atoms with Gasteiger partial charge < -0.3 is 5.32 Å². The molecule has 0 unspecified atom stereocenters. The quantitative estimate of drug-likeness (QED) is 0.890. The first-order valence-electron chi connectivity index (χ1n) is 6.58. The van der Waals surface area contributed by atoms with Gasteiger partial charge in [-0.25, -0.2) is 4.98 Å². The van der Waals surface area contributed by atoms with Gasteiger partial charge in [0.15, 0.2) is 0 Å². The van der Waals surface area contributed by atoms with Gasteiger partial charge in [-0.3, -0.25) is 0 Å². The number of hydrogen-bond donors (Lipinski definition) is 1. The average molecular weight is 258 g/mol. The molecule has 2 aromatic rings. The van der Waals surface area contributed by atoms with Crippen LogP contribution in [-0.2, 0) is 0 Å². The highest BCUT2D eigenvalue weighted by Crippen LogP contribution is 2.35. The molecule has 1 fully saturated rings. The lowest BCUT2D eigenvalue weighted by atomic mass is 9.99. The Bertz CT molecular complexity index is 513. The first-order valence-corrected chi connectivity index (χ1v) is 7.39. The van der Waals surface area contributed by atoms with E-state index in [-0.39, 0.29) is 0 Å². The predicted molar refractivity (Wildman–Crippen MR) is 77.1 cm³/mol. The van der Waals surface area contributed by atoms with Gasteiger partial charge in [0, 0.05) is 5.92 Å². The smallest absolute Gasteiger partial charge is 0.0966 e. The zero-order chi connectivity index (χ0) is 12.4. The maximum absolute atomic E-state index is 4.80. The number of rotatable bonds is 2. The maximum atomic E-state index is 4.80. The third-order valence-electron chi connectivity index (χ3n) is 3.54. The van der Waals surface area contributed by atoms with Crippen LogP contribution in [0.1, 0.15) is 29.5 Å². The molecule has 0 amide bonds. The molecule has 94 valence electrons. The van der Waals surface area contributed by atoms with Gasteiger partial charge >= 0.3 is 0 Å². The molecule has 0 spiro atoms. The van der Waals surface area contributed by atoms with Crippen LogP contribution in [0.15, 0.2) is 30.3 Å². The van der Waals surface area contributed by atoms with Crippen LogP contribution in [0.4, 0.5) is 0 Å². The minimum Gasteiger partial charge on any atom is -0.317 e. The van der Waals surface area contributed by atoms with Gasteiger partial charge in [-0.05, 0) is 38.4 Å². The number of aromatic nitrogens is 1. The maximum Gasteiger partial charge on any atom is 0.0966 e. The van der Waals surface area contributed by atoms with Gasteiger partial charge in [-0.15, -0.1) is 11.3 Å². The molecule has 0 bridgehead atoms. The highest BCUT2D eigenvalue weighted by molar-refractivity contribution is 7.15. The topological polar surface area (TPSA) is 24.9 Å². The van der Waals surface area contributed by atoms with E-state index in [1.807, 2.05) is 11.3 Å². The Balaban J connectivity index is 1.91. The predicted octanol–water partition coefficient (Wildman–Crippen LogP) is 3.59. The lowest BCUT2D eigenvalue weighted by Gasteiger charge is -2.20. The van der Waals surface area contributed by atoms with Gasteiger partial charge in [0.05, 0.1) is 15.6 Å². The Hall–Kier alpha value is -1.19. The van der Waals surface area contributed by atoms with Crippen molar-refractivity contribution in [2.45, 2.75) is 25.7 Å². The summed E-state index contributed by atoms with van der Waals surface area (Å²) < 4.78 is 0. The van der Waals surface area contributed by atoms with Crippen molar-refractivity contribution in [2.24, 2.45) is 0 Å². The number of piperidine rings is 1. The highest BCUT2D eigenvalue weighted by atomic mass is 32.1. The molecular formula is C15H18N2S. The molecule has 0 atom stereocenters. The van der Waals surface area contributed by atoms with Crippen LogP contribution in [0.2, 0.25) is 0 Å². The number of aryl methyl sites for hydroxylation is 1. The third kappa shape index (κ3) is 2.33. The second kappa shape index (κ2) is 5.21. The summed E-state index contributed by atoms with van der Waals surface area (Å²) in [6.45, 7) is 4.39. The molecule has 18 heavy (non-hydrogen) atoms. The van der Waals surface area contributed by atoms with E-state index in [9.17, 15) is 0 Å². The molecule has 1 aliphatic heterocycles. The van der Waals surface area contributed by atoms with Crippen molar-refractivity contribution in [3.8, 4) is 10.4 Å². The molecule has 3 rings (SSSR count). The largest absolute Gasteiger partial charge is 0.317 e. The second-order valence-corrected chi connectivity index (χ2v) is 5.89. The fourth-order valence-corrected chi connectivity index (χ4v) is 3.76. The Morgan fingerprint density at radius 1 is 1.17 bits per heavy atom. The van der Waals surface area contributed by atoms with E-state index in [1.54, 1.807) is 0 Å². The number of benzene rings is 1. The minimum absolute atomic E-state index is 0.660. The van der Waals surface area contributed by atoms with Crippen molar-refractivity contribution in [3.05, 3.63) is 41.0 Å². The van der Waals surface area contributed by atoms with Crippen LogP contribution in [-0.4, -0.2) is 18.1 Å². The van der Waals surface area contributed by atoms with E-state index >= 15 is 0 Å². The van der Waals surface area contributed by atoms with E-state index in [4.69, 9.17) is 4.98 Å². The van der Waals surface area contributed by atoms with E-state index in [1.165, 1.54) is 34.0 Å². The standard InChI is InChI=1S/C15H18N2S/c1-11-14(12-5-3-2-4-6-12)18-15(17-11)13-7-9-16-10-8-13/h2-6,13,16H,7-10H2,1H3. The van der Waals surface area contributed by atoms with Crippen LogP contribution in [0, 0.1) is 6.92 Å². The molecule has 0 aliphatic carbocycles. The summed E-state index contributed by atoms with van der Waals surface area (Å²) in [5.74, 6) is 0.660. The third-order valence-corrected chi connectivity index (χ3v) is 4.91. The normalized spacial score (nSPS) is 16.9. The van der Waals surface area contributed by atoms with Crippen LogP contribution in [0.25, 0.3) is 10.4 Å². The van der Waals surface area contributed by atoms with Gasteiger partial charge in [0.2, 0.25) is 0 Å². The zero-order valence-corrected chi connectivity index (χ0v) is 11.5. The Morgan fingerprint density at radius 2 is 1.89 bits per heavy atom. The molecule has 0 radical (unpaired) electrons. The molecular weight excluding hydrogens is 240 g/mol. The molecule has 2 heterocycles. The zero-order valence-electron chi connectivity index (χ0n) is 10.6. The van der Waals surface area contributed by atoms with E-state index in [0.29, 0.717) is 5.92 Å². The van der Waals surface area contributed by atoms with Crippen molar-refractivity contribution in [1.82, 2.24) is 10.3 Å². The summed E-state index contributed by atoms with van der Waals surface area (Å²) >= 11 is 1.88. The van der Waals surface area contributed by atoms with Crippen LogP contribution in [0.3, 0.4) is 0 Å². The molecule has 0 saturated carbocycles. The average Bonchev–Trinajstić information content (AvgIpc) is 2.83. The van der Waals surface area contributed by atoms with E-state index < -0.39 is 0 Å². The fraction of sp³-hybridized carbons (Fsp3) is 0.400. The number of nitrogens with zero attached hydrogens (tertiary/aromatic N) is 1. The molecule has 3 heteroatoms. The number of thiazole rings is 1. The highest BCUT2D eigenvalue weighted by Gasteiger charge is 2.20. The van der Waals surface area contributed by atoms with Gasteiger partial charge in [-0.2, -0.15) is 0 Å². The van der Waals surface area contributed by atoms with Crippen molar-refractivity contribution in [3.63, 3.8) is 0 Å². The molecule has 1 saturated heterocycles. The Morgan fingerprint density at radius 3 is 2.61 bits per heavy atom. The molecule has 1 aromatic heterocycles. The minimum atomic E-state index is 0.660. The monoisotopic (exact) mass is 258 g/mol. The van der Waals surface area contributed by atoms with Crippen molar-refractivity contribution < 1.29 is 0 Å². The van der Waals surface area contributed by atoms with Gasteiger partial charge in [0.1, 0.15) is 0 Å². The molecule has 1 aromatic carbocycles. The van der Waals surface area contributed by atoms with Crippen LogP contribution < -0.4 is 5.32 Å². The summed E-state index contributed by atoms with van der Waals surface area (Å²) in [7, 11) is 0. The van der Waals surface area contributed by atoms with Crippen LogP contribution in [0.5, 0.6) is 0 Å². The van der Waals surface area contributed by atoms with Gasteiger partial charge in [-0.1, -0.05) is 30.3 Å². The SMILES string of the molecule is Cc1nc(C2CCNCC2)sc1-c1ccccc1. The Labute approximate surface area is 112 Å². The summed E-state index contributed by atoms with van der Waals surface area (Å²) in [5.41, 5.74) is 2.48. The van der Waals surface area contributed by atoms with E-state index in [2.05, 4.69) is 42.6 Å². The van der Waals surface area contributed by atoms with Crippen molar-refractivity contribution >= 4 is 11.3 Å².